The van der Waals surface area contributed by atoms with Crippen LogP contribution in [-0.2, 0) is 0 Å². The summed E-state index contributed by atoms with van der Waals surface area (Å²) in [6.07, 6.45) is 6.13. The van der Waals surface area contributed by atoms with Crippen molar-refractivity contribution in [3.05, 3.63) is 70.8 Å². The number of ether oxygens (including phenoxy) is 1. The minimum Gasteiger partial charge on any atom is -0.492 e. The predicted molar refractivity (Wildman–Crippen MR) is 123 cm³/mol. The fourth-order valence-corrected chi connectivity index (χ4v) is 4.14. The molecule has 1 atom stereocenters. The van der Waals surface area contributed by atoms with E-state index in [1.54, 1.807) is 0 Å². The molecule has 0 amide bonds. The van der Waals surface area contributed by atoms with Crippen LogP contribution in [-0.4, -0.2) is 36.3 Å². The molecule has 2 aromatic rings. The zero-order chi connectivity index (χ0) is 20.1. The van der Waals surface area contributed by atoms with E-state index < -0.39 is 0 Å². The van der Waals surface area contributed by atoms with Crippen LogP contribution in [0.15, 0.2) is 54.6 Å². The maximum absolute atomic E-state index is 6.01. The fourth-order valence-electron chi connectivity index (χ4n) is 3.77. The molecule has 6 heteroatoms. The van der Waals surface area contributed by atoms with Gasteiger partial charge in [-0.05, 0) is 79.6 Å². The molecule has 2 N–H and O–H groups in total. The van der Waals surface area contributed by atoms with E-state index in [0.717, 1.165) is 40.7 Å². The highest BCUT2D eigenvalue weighted by Crippen LogP contribution is 2.25. The summed E-state index contributed by atoms with van der Waals surface area (Å²) < 4.78 is 5.95. The number of thiocarbonyl (C=S) groups is 1. The number of rotatable bonds is 6. The summed E-state index contributed by atoms with van der Waals surface area (Å²) in [5.74, 6) is 0.907. The molecule has 152 valence electrons. The van der Waals surface area contributed by atoms with Crippen molar-refractivity contribution in [2.45, 2.75) is 25.3 Å². The van der Waals surface area contributed by atoms with Crippen LogP contribution in [0.3, 0.4) is 0 Å². The minimum absolute atomic E-state index is 0.0110. The number of piperidine rings is 1. The van der Waals surface area contributed by atoms with E-state index in [1.807, 2.05) is 36.4 Å². The Labute approximate surface area is 182 Å². The first kappa shape index (κ1) is 20.2. The summed E-state index contributed by atoms with van der Waals surface area (Å²) in [6, 6.07) is 16.0. The second-order valence-electron chi connectivity index (χ2n) is 7.48. The third-order valence-corrected chi connectivity index (χ3v) is 5.86. The molecule has 2 aromatic carbocycles. The minimum atomic E-state index is 0.0110. The molecule has 2 aliphatic rings. The molecule has 1 unspecified atom stereocenters. The second kappa shape index (κ2) is 9.61. The van der Waals surface area contributed by atoms with E-state index in [9.17, 15) is 0 Å². The van der Waals surface area contributed by atoms with E-state index in [4.69, 9.17) is 28.6 Å². The maximum Gasteiger partial charge on any atom is 0.171 e. The summed E-state index contributed by atoms with van der Waals surface area (Å²) in [5.41, 5.74) is 3.18. The van der Waals surface area contributed by atoms with Gasteiger partial charge < -0.3 is 15.4 Å². The summed E-state index contributed by atoms with van der Waals surface area (Å²) in [6.45, 7) is 4.13. The molecule has 1 saturated heterocycles. The topological polar surface area (TPSA) is 36.5 Å². The molecule has 2 heterocycles. The summed E-state index contributed by atoms with van der Waals surface area (Å²) in [5, 5.41) is 7.89. The largest absolute Gasteiger partial charge is 0.492 e. The van der Waals surface area contributed by atoms with E-state index in [2.05, 4.69) is 33.7 Å². The van der Waals surface area contributed by atoms with Crippen LogP contribution < -0.4 is 15.4 Å². The molecule has 4 nitrogen and oxygen atoms in total. The van der Waals surface area contributed by atoms with E-state index >= 15 is 0 Å². The van der Waals surface area contributed by atoms with Gasteiger partial charge in [0.25, 0.3) is 0 Å². The molecule has 0 saturated carbocycles. The smallest absolute Gasteiger partial charge is 0.171 e. The number of hydrogen-bond donors (Lipinski definition) is 2. The standard InChI is InChI=1S/C23H26ClN3OS/c24-19-8-4-17(5-9-19)21-16-22(26-23(29)25-21)18-6-10-20(11-7-18)28-15-14-27-12-2-1-3-13-27/h4-11,16,22H,1-3,12-15H2,(H2,25,26,29). The number of benzene rings is 2. The molecule has 29 heavy (non-hydrogen) atoms. The number of halogens is 1. The van der Waals surface area contributed by atoms with E-state index in [-0.39, 0.29) is 6.04 Å². The van der Waals surface area contributed by atoms with Crippen molar-refractivity contribution >= 4 is 34.6 Å². The lowest BCUT2D eigenvalue weighted by Gasteiger charge is -2.27. The third kappa shape index (κ3) is 5.50. The molecule has 0 aromatic heterocycles. The van der Waals surface area contributed by atoms with Crippen molar-refractivity contribution in [1.82, 2.24) is 15.5 Å². The van der Waals surface area contributed by atoms with Gasteiger partial charge in [-0.2, -0.15) is 0 Å². The van der Waals surface area contributed by atoms with Gasteiger partial charge >= 0.3 is 0 Å². The zero-order valence-electron chi connectivity index (χ0n) is 16.4. The molecular weight excluding hydrogens is 402 g/mol. The van der Waals surface area contributed by atoms with Crippen LogP contribution in [0, 0.1) is 0 Å². The van der Waals surface area contributed by atoms with Gasteiger partial charge in [0, 0.05) is 17.3 Å². The Hall–Kier alpha value is -2.08. The molecule has 1 fully saturated rings. The summed E-state index contributed by atoms with van der Waals surface area (Å²) in [4.78, 5) is 2.49. The molecule has 0 aliphatic carbocycles. The highest BCUT2D eigenvalue weighted by molar-refractivity contribution is 7.80. The van der Waals surface area contributed by atoms with Gasteiger partial charge in [0.15, 0.2) is 5.11 Å². The number of nitrogens with one attached hydrogen (secondary N) is 2. The quantitative estimate of drug-likeness (QED) is 0.650. The second-order valence-corrected chi connectivity index (χ2v) is 8.33. The SMILES string of the molecule is S=C1NC(c2ccc(Cl)cc2)=CC(c2ccc(OCCN3CCCCC3)cc2)N1. The van der Waals surface area contributed by atoms with Crippen molar-refractivity contribution in [1.29, 1.82) is 0 Å². The molecule has 0 spiro atoms. The maximum atomic E-state index is 6.01. The summed E-state index contributed by atoms with van der Waals surface area (Å²) >= 11 is 11.4. The Kier molecular flexibility index (Phi) is 6.70. The Balaban J connectivity index is 1.38. The highest BCUT2D eigenvalue weighted by atomic mass is 35.5. The molecule has 2 aliphatic heterocycles. The Morgan fingerprint density at radius 2 is 1.72 bits per heavy atom. The van der Waals surface area contributed by atoms with Crippen LogP contribution >= 0.6 is 23.8 Å². The molecular formula is C23H26ClN3OS. The zero-order valence-corrected chi connectivity index (χ0v) is 17.9. The van der Waals surface area contributed by atoms with Crippen molar-refractivity contribution in [3.8, 4) is 5.75 Å². The van der Waals surface area contributed by atoms with Crippen molar-refractivity contribution in [3.63, 3.8) is 0 Å². The third-order valence-electron chi connectivity index (χ3n) is 5.39. The van der Waals surface area contributed by atoms with Gasteiger partial charge in [0.05, 0.1) is 6.04 Å². The monoisotopic (exact) mass is 427 g/mol. The van der Waals surface area contributed by atoms with Crippen molar-refractivity contribution < 1.29 is 4.74 Å². The number of likely N-dealkylation sites (tertiary alicyclic amines) is 1. The fraction of sp³-hybridized carbons (Fsp3) is 0.348. The molecule has 0 radical (unpaired) electrons. The van der Waals surface area contributed by atoms with Gasteiger partial charge in [-0.1, -0.05) is 42.3 Å². The number of nitrogens with zero attached hydrogens (tertiary/aromatic N) is 1. The normalized spacial score (nSPS) is 19.8. The first-order chi connectivity index (χ1) is 14.2. The first-order valence-electron chi connectivity index (χ1n) is 10.2. The Morgan fingerprint density at radius 3 is 2.45 bits per heavy atom. The first-order valence-corrected chi connectivity index (χ1v) is 11.0. The van der Waals surface area contributed by atoms with Crippen LogP contribution in [0.2, 0.25) is 5.02 Å². The van der Waals surface area contributed by atoms with E-state index in [1.165, 1.54) is 32.4 Å². The van der Waals surface area contributed by atoms with Gasteiger partial charge in [0.2, 0.25) is 0 Å². The van der Waals surface area contributed by atoms with Gasteiger partial charge in [-0.25, -0.2) is 0 Å². The average molecular weight is 428 g/mol. The van der Waals surface area contributed by atoms with Crippen LogP contribution in [0.4, 0.5) is 0 Å². The van der Waals surface area contributed by atoms with Gasteiger partial charge in [0.1, 0.15) is 12.4 Å². The van der Waals surface area contributed by atoms with Crippen LogP contribution in [0.25, 0.3) is 5.70 Å². The lowest BCUT2D eigenvalue weighted by molar-refractivity contribution is 0.183. The molecule has 0 bridgehead atoms. The van der Waals surface area contributed by atoms with Gasteiger partial charge in [-0.15, -0.1) is 0 Å². The average Bonchev–Trinajstić information content (AvgIpc) is 2.75. The van der Waals surface area contributed by atoms with Gasteiger partial charge in [-0.3, -0.25) is 4.90 Å². The number of hydrogen-bond acceptors (Lipinski definition) is 3. The van der Waals surface area contributed by atoms with E-state index in [0.29, 0.717) is 5.11 Å². The van der Waals surface area contributed by atoms with Crippen molar-refractivity contribution in [2.24, 2.45) is 0 Å². The van der Waals surface area contributed by atoms with Crippen molar-refractivity contribution in [2.75, 3.05) is 26.2 Å². The Bertz CT molecular complexity index is 861. The summed E-state index contributed by atoms with van der Waals surface area (Å²) in [7, 11) is 0. The lowest BCUT2D eigenvalue weighted by atomic mass is 10.0. The Morgan fingerprint density at radius 1 is 1.00 bits per heavy atom. The molecule has 4 rings (SSSR count). The highest BCUT2D eigenvalue weighted by Gasteiger charge is 2.18. The predicted octanol–water partition coefficient (Wildman–Crippen LogP) is 4.76. The van der Waals surface area contributed by atoms with Crippen LogP contribution in [0.5, 0.6) is 5.75 Å². The lowest BCUT2D eigenvalue weighted by Crippen LogP contribution is -2.40. The van der Waals surface area contributed by atoms with Crippen LogP contribution in [0.1, 0.15) is 36.4 Å².